The predicted molar refractivity (Wildman–Crippen MR) is 149 cm³/mol. The van der Waals surface area contributed by atoms with Crippen LogP contribution in [0.3, 0.4) is 0 Å². The van der Waals surface area contributed by atoms with Crippen LogP contribution in [0.25, 0.3) is 0 Å². The molecule has 1 amide bonds. The second-order valence-corrected chi connectivity index (χ2v) is 10.7. The van der Waals surface area contributed by atoms with Gasteiger partial charge in [-0.25, -0.2) is 0 Å². The van der Waals surface area contributed by atoms with Gasteiger partial charge in [-0.2, -0.15) is 0 Å². The van der Waals surface area contributed by atoms with Crippen LogP contribution < -0.4 is 10.6 Å². The Hall–Kier alpha value is -2.21. The number of nitrogens with one attached hydrogen (secondary N) is 2. The van der Waals surface area contributed by atoms with Crippen molar-refractivity contribution in [3.63, 3.8) is 0 Å². The minimum atomic E-state index is 0.0385. The van der Waals surface area contributed by atoms with Crippen LogP contribution in [-0.2, 0) is 11.2 Å². The van der Waals surface area contributed by atoms with Crippen molar-refractivity contribution in [1.29, 1.82) is 0 Å². The molecule has 1 unspecified atom stereocenters. The van der Waals surface area contributed by atoms with Crippen molar-refractivity contribution in [2.24, 2.45) is 0 Å². The number of aryl methyl sites for hydroxylation is 1. The Morgan fingerprint density at radius 2 is 1.57 bits per heavy atom. The Kier molecular flexibility index (Phi) is 12.9. The fraction of sp³-hybridized carbons (Fsp3) is 0.621. The molecule has 192 valence electrons. The Bertz CT molecular complexity index is 894. The fourth-order valence-electron chi connectivity index (χ4n) is 4.73. The van der Waals surface area contributed by atoms with Crippen molar-refractivity contribution in [2.45, 2.75) is 116 Å². The van der Waals surface area contributed by atoms with Gasteiger partial charge in [-0.05, 0) is 56.1 Å². The summed E-state index contributed by atoms with van der Waals surface area (Å²) in [5, 5.41) is 16.1. The summed E-state index contributed by atoms with van der Waals surface area (Å²) in [6.45, 7) is 2.27. The second-order valence-electron chi connectivity index (χ2n) is 9.73. The maximum absolute atomic E-state index is 12.3. The van der Waals surface area contributed by atoms with E-state index in [1.807, 2.05) is 0 Å². The van der Waals surface area contributed by atoms with Crippen molar-refractivity contribution in [3.05, 3.63) is 47.5 Å². The van der Waals surface area contributed by atoms with E-state index in [2.05, 4.69) is 64.2 Å². The Balaban J connectivity index is 1.17. The summed E-state index contributed by atoms with van der Waals surface area (Å²) in [4.78, 5) is 12.3. The number of hydrogen-bond acceptors (Lipinski definition) is 5. The normalized spacial score (nSPS) is 14.9. The lowest BCUT2D eigenvalue weighted by atomic mass is 10.1. The van der Waals surface area contributed by atoms with Gasteiger partial charge in [0, 0.05) is 6.42 Å². The minimum absolute atomic E-state index is 0.0385. The van der Waals surface area contributed by atoms with Crippen LogP contribution in [0, 0.1) is 0 Å². The highest BCUT2D eigenvalue weighted by atomic mass is 32.1. The van der Waals surface area contributed by atoms with Gasteiger partial charge < -0.3 is 10.6 Å². The average Bonchev–Trinajstić information content (AvgIpc) is 3.48. The number of allylic oxidation sites excluding steroid dienone is 2. The number of anilines is 2. The Morgan fingerprint density at radius 3 is 2.34 bits per heavy atom. The molecule has 0 bridgehead atoms. The first-order chi connectivity index (χ1) is 17.3. The van der Waals surface area contributed by atoms with Crippen LogP contribution in [0.5, 0.6) is 0 Å². The number of benzene rings is 1. The molecule has 1 aromatic carbocycles. The molecule has 0 spiro atoms. The maximum Gasteiger partial charge on any atom is 0.226 e. The van der Waals surface area contributed by atoms with Crippen molar-refractivity contribution in [2.75, 3.05) is 10.6 Å². The van der Waals surface area contributed by atoms with Gasteiger partial charge in [0.25, 0.3) is 0 Å². The van der Waals surface area contributed by atoms with Crippen molar-refractivity contribution < 1.29 is 4.79 Å². The number of hydrogen-bond donors (Lipinski definition) is 2. The molecule has 0 radical (unpaired) electrons. The van der Waals surface area contributed by atoms with Crippen molar-refractivity contribution in [3.8, 4) is 0 Å². The van der Waals surface area contributed by atoms with Gasteiger partial charge in [-0.1, -0.05) is 106 Å². The number of nitrogens with zero attached hydrogens (tertiary/aromatic N) is 2. The molecule has 5 nitrogen and oxygen atoms in total. The monoisotopic (exact) mass is 496 g/mol. The fourth-order valence-corrected chi connectivity index (χ4v) is 5.44. The maximum atomic E-state index is 12.3. The molecule has 2 N–H and O–H groups in total. The van der Waals surface area contributed by atoms with Crippen LogP contribution in [0.1, 0.15) is 120 Å². The van der Waals surface area contributed by atoms with E-state index in [0.29, 0.717) is 11.6 Å². The lowest BCUT2D eigenvalue weighted by Gasteiger charge is -2.12. The summed E-state index contributed by atoms with van der Waals surface area (Å²) >= 11 is 1.41. The molecule has 0 aliphatic heterocycles. The first kappa shape index (κ1) is 27.4. The van der Waals surface area contributed by atoms with Crippen LogP contribution in [-0.4, -0.2) is 16.1 Å². The summed E-state index contributed by atoms with van der Waals surface area (Å²) in [6, 6.07) is 8.82. The molecular formula is C29H44N4OS. The SMILES string of the molecule is CCCCCCCCC=CCCCCCCCC(=O)Nc1nnc(NC2CCc3ccccc32)s1. The quantitative estimate of drug-likeness (QED) is 0.160. The van der Waals surface area contributed by atoms with E-state index in [1.54, 1.807) is 0 Å². The molecule has 0 saturated heterocycles. The highest BCUT2D eigenvalue weighted by molar-refractivity contribution is 7.19. The van der Waals surface area contributed by atoms with Crippen LogP contribution >= 0.6 is 11.3 Å². The van der Waals surface area contributed by atoms with E-state index in [4.69, 9.17) is 0 Å². The van der Waals surface area contributed by atoms with E-state index >= 15 is 0 Å². The van der Waals surface area contributed by atoms with Gasteiger partial charge >= 0.3 is 0 Å². The van der Waals surface area contributed by atoms with Crippen LogP contribution in [0.15, 0.2) is 36.4 Å². The number of aromatic nitrogens is 2. The van der Waals surface area contributed by atoms with Gasteiger partial charge in [0.05, 0.1) is 6.04 Å². The molecule has 0 saturated carbocycles. The van der Waals surface area contributed by atoms with E-state index in [1.165, 1.54) is 93.1 Å². The predicted octanol–water partition coefficient (Wildman–Crippen LogP) is 8.61. The highest BCUT2D eigenvalue weighted by Gasteiger charge is 2.22. The zero-order valence-electron chi connectivity index (χ0n) is 21.6. The van der Waals surface area contributed by atoms with Gasteiger partial charge in [0.15, 0.2) is 0 Å². The van der Waals surface area contributed by atoms with Crippen molar-refractivity contribution >= 4 is 27.5 Å². The van der Waals surface area contributed by atoms with Gasteiger partial charge in [-0.3, -0.25) is 4.79 Å². The third-order valence-electron chi connectivity index (χ3n) is 6.77. The number of unbranched alkanes of at least 4 members (excludes halogenated alkanes) is 11. The summed E-state index contributed by atoms with van der Waals surface area (Å²) in [6.07, 6.45) is 23.8. The third kappa shape index (κ3) is 10.5. The zero-order valence-corrected chi connectivity index (χ0v) is 22.4. The zero-order chi connectivity index (χ0) is 24.6. The molecule has 2 aromatic rings. The molecule has 1 aliphatic carbocycles. The Labute approximate surface area is 216 Å². The summed E-state index contributed by atoms with van der Waals surface area (Å²) in [7, 11) is 0. The smallest absolute Gasteiger partial charge is 0.226 e. The molecule has 1 heterocycles. The minimum Gasteiger partial charge on any atom is -0.353 e. The third-order valence-corrected chi connectivity index (χ3v) is 7.54. The van der Waals surface area contributed by atoms with Gasteiger partial charge in [0.1, 0.15) is 0 Å². The van der Waals surface area contributed by atoms with E-state index < -0.39 is 0 Å². The summed E-state index contributed by atoms with van der Waals surface area (Å²) in [5.41, 5.74) is 2.75. The first-order valence-electron chi connectivity index (χ1n) is 13.9. The molecular weight excluding hydrogens is 452 g/mol. The topological polar surface area (TPSA) is 66.9 Å². The van der Waals surface area contributed by atoms with Crippen molar-refractivity contribution in [1.82, 2.24) is 10.2 Å². The molecule has 6 heteroatoms. The van der Waals surface area contributed by atoms with Crippen LogP contribution in [0.4, 0.5) is 10.3 Å². The molecule has 1 atom stereocenters. The number of carbonyl (C=O) groups excluding carboxylic acids is 1. The molecule has 1 aromatic heterocycles. The summed E-state index contributed by atoms with van der Waals surface area (Å²) in [5.74, 6) is 0.0385. The lowest BCUT2D eigenvalue weighted by molar-refractivity contribution is -0.116. The van der Waals surface area contributed by atoms with Gasteiger partial charge in [0.2, 0.25) is 16.2 Å². The first-order valence-corrected chi connectivity index (χ1v) is 14.7. The number of fused-ring (bicyclic) bond motifs is 1. The molecule has 35 heavy (non-hydrogen) atoms. The number of carbonyl (C=O) groups is 1. The summed E-state index contributed by atoms with van der Waals surface area (Å²) < 4.78 is 0. The van der Waals surface area contributed by atoms with E-state index in [-0.39, 0.29) is 11.9 Å². The van der Waals surface area contributed by atoms with Crippen LogP contribution in [0.2, 0.25) is 0 Å². The Morgan fingerprint density at radius 1 is 0.914 bits per heavy atom. The largest absolute Gasteiger partial charge is 0.353 e. The van der Waals surface area contributed by atoms with Gasteiger partial charge in [-0.15, -0.1) is 10.2 Å². The lowest BCUT2D eigenvalue weighted by Crippen LogP contribution is -2.10. The van der Waals surface area contributed by atoms with E-state index in [9.17, 15) is 4.79 Å². The average molecular weight is 497 g/mol. The number of amides is 1. The second kappa shape index (κ2) is 16.5. The molecule has 0 fully saturated rings. The highest BCUT2D eigenvalue weighted by Crippen LogP contribution is 2.34. The molecule has 3 rings (SSSR count). The number of rotatable bonds is 18. The standard InChI is InChI=1S/C29H44N4OS/c1-2-3-4-5-6-7-8-9-10-11-12-13-14-15-16-21-27(34)31-29-33-32-28(35-29)30-26-23-22-24-19-17-18-20-25(24)26/h9-10,17-20,26H,2-8,11-16,21-23H2,1H3,(H,30,32)(H,31,33,34). The molecule has 1 aliphatic rings. The van der Waals surface area contributed by atoms with E-state index in [0.717, 1.165) is 30.8 Å².